The fourth-order valence-corrected chi connectivity index (χ4v) is 0.828. The summed E-state index contributed by atoms with van der Waals surface area (Å²) in [6.07, 6.45) is 0.733. The Hall–Kier alpha value is -0.220. The standard InChI is InChI=1S/C5H9F2NO/c1-5(2-3-9-5)4-8(6)7/h2-4H2,1H3. The first-order valence-electron chi connectivity index (χ1n) is 2.85. The highest BCUT2D eigenvalue weighted by Crippen LogP contribution is 2.26. The molecule has 1 saturated heterocycles. The highest BCUT2D eigenvalue weighted by Gasteiger charge is 2.35. The SMILES string of the molecule is CC1(CN(F)F)CCO1. The van der Waals surface area contributed by atoms with E-state index in [9.17, 15) is 8.96 Å². The lowest BCUT2D eigenvalue weighted by Gasteiger charge is -2.37. The van der Waals surface area contributed by atoms with Crippen molar-refractivity contribution in [3.05, 3.63) is 0 Å². The molecule has 0 bridgehead atoms. The lowest BCUT2D eigenvalue weighted by molar-refractivity contribution is -0.231. The van der Waals surface area contributed by atoms with E-state index < -0.39 is 10.9 Å². The number of hydrogen-bond acceptors (Lipinski definition) is 2. The van der Waals surface area contributed by atoms with Crippen molar-refractivity contribution in [2.24, 2.45) is 0 Å². The van der Waals surface area contributed by atoms with E-state index in [2.05, 4.69) is 0 Å². The Morgan fingerprint density at radius 3 is 2.33 bits per heavy atom. The Labute approximate surface area is 52.3 Å². The van der Waals surface area contributed by atoms with Crippen LogP contribution in [0, 0.1) is 0 Å². The third-order valence-electron chi connectivity index (χ3n) is 1.54. The zero-order valence-electron chi connectivity index (χ0n) is 5.23. The molecule has 2 nitrogen and oxygen atoms in total. The van der Waals surface area contributed by atoms with Crippen LogP contribution in [0.4, 0.5) is 8.96 Å². The summed E-state index contributed by atoms with van der Waals surface area (Å²) >= 11 is 0. The lowest BCUT2D eigenvalue weighted by atomic mass is 9.98. The molecular formula is C5H9F2NO. The minimum atomic E-state index is -0.834. The monoisotopic (exact) mass is 137 g/mol. The predicted octanol–water partition coefficient (Wildman–Crippen LogP) is 1.24. The molecule has 0 spiro atoms. The van der Waals surface area contributed by atoms with Gasteiger partial charge in [-0.3, -0.25) is 0 Å². The van der Waals surface area contributed by atoms with E-state index in [0.717, 1.165) is 6.42 Å². The molecule has 0 radical (unpaired) electrons. The van der Waals surface area contributed by atoms with Gasteiger partial charge in [-0.05, 0) is 6.92 Å². The molecule has 1 heterocycles. The van der Waals surface area contributed by atoms with Gasteiger partial charge in [-0.1, -0.05) is 0 Å². The molecule has 0 aromatic heterocycles. The van der Waals surface area contributed by atoms with Crippen LogP contribution in [-0.2, 0) is 4.74 Å². The number of halogens is 2. The lowest BCUT2D eigenvalue weighted by Crippen LogP contribution is -2.46. The van der Waals surface area contributed by atoms with Crippen LogP contribution in [0.15, 0.2) is 0 Å². The zero-order valence-corrected chi connectivity index (χ0v) is 5.23. The molecule has 9 heavy (non-hydrogen) atoms. The molecule has 1 rings (SSSR count). The summed E-state index contributed by atoms with van der Waals surface area (Å²) in [5, 5.41) is -0.834. The van der Waals surface area contributed by atoms with E-state index in [1.807, 2.05) is 0 Å². The van der Waals surface area contributed by atoms with Crippen molar-refractivity contribution in [1.29, 1.82) is 0 Å². The molecule has 1 aliphatic heterocycles. The quantitative estimate of drug-likeness (QED) is 0.531. The Balaban J connectivity index is 2.24. The number of hydrogen-bond donors (Lipinski definition) is 0. The largest absolute Gasteiger partial charge is 0.374 e. The highest BCUT2D eigenvalue weighted by molar-refractivity contribution is 4.82. The van der Waals surface area contributed by atoms with Crippen LogP contribution in [0.1, 0.15) is 13.3 Å². The second-order valence-corrected chi connectivity index (χ2v) is 2.51. The number of nitrogens with zero attached hydrogens (tertiary/aromatic N) is 1. The first-order chi connectivity index (χ1) is 4.12. The average molecular weight is 137 g/mol. The predicted molar refractivity (Wildman–Crippen MR) is 27.9 cm³/mol. The van der Waals surface area contributed by atoms with Gasteiger partial charge < -0.3 is 4.74 Å². The molecule has 0 N–H and O–H groups in total. The van der Waals surface area contributed by atoms with Crippen LogP contribution < -0.4 is 0 Å². The van der Waals surface area contributed by atoms with Gasteiger partial charge >= 0.3 is 0 Å². The first kappa shape index (κ1) is 6.89. The highest BCUT2D eigenvalue weighted by atomic mass is 19.4. The van der Waals surface area contributed by atoms with E-state index >= 15 is 0 Å². The third kappa shape index (κ3) is 1.59. The van der Waals surface area contributed by atoms with Gasteiger partial charge in [0.15, 0.2) is 0 Å². The molecule has 1 aliphatic rings. The summed E-state index contributed by atoms with van der Waals surface area (Å²) in [5.74, 6) is 0. The summed E-state index contributed by atoms with van der Waals surface area (Å²) in [7, 11) is 0. The maximum Gasteiger partial charge on any atom is 0.0908 e. The van der Waals surface area contributed by atoms with E-state index in [0.29, 0.717) is 6.61 Å². The van der Waals surface area contributed by atoms with E-state index in [4.69, 9.17) is 4.74 Å². The molecule has 1 atom stereocenters. The van der Waals surface area contributed by atoms with Crippen LogP contribution in [0.25, 0.3) is 0 Å². The Bertz CT molecular complexity index is 103. The molecule has 1 unspecified atom stereocenters. The summed E-state index contributed by atoms with van der Waals surface area (Å²) in [4.78, 5) is 0. The maximum absolute atomic E-state index is 11.5. The summed E-state index contributed by atoms with van der Waals surface area (Å²) < 4.78 is 27.9. The first-order valence-corrected chi connectivity index (χ1v) is 2.85. The van der Waals surface area contributed by atoms with Gasteiger partial charge in [0.25, 0.3) is 0 Å². The Kier molecular flexibility index (Phi) is 1.68. The maximum atomic E-state index is 11.5. The van der Waals surface area contributed by atoms with E-state index in [1.54, 1.807) is 6.92 Å². The molecule has 4 heteroatoms. The fraction of sp³-hybridized carbons (Fsp3) is 1.00. The van der Waals surface area contributed by atoms with Gasteiger partial charge in [0.05, 0.1) is 18.8 Å². The number of ether oxygens (including phenoxy) is 1. The van der Waals surface area contributed by atoms with Gasteiger partial charge in [-0.2, -0.15) is 0 Å². The minimum Gasteiger partial charge on any atom is -0.374 e. The third-order valence-corrected chi connectivity index (χ3v) is 1.54. The van der Waals surface area contributed by atoms with Crippen molar-refractivity contribution in [1.82, 2.24) is 5.34 Å². The number of rotatable bonds is 2. The molecule has 54 valence electrons. The van der Waals surface area contributed by atoms with Crippen LogP contribution in [-0.4, -0.2) is 24.1 Å². The van der Waals surface area contributed by atoms with Gasteiger partial charge in [0, 0.05) is 11.8 Å². The normalized spacial score (nSPS) is 34.7. The molecule has 0 aromatic rings. The smallest absolute Gasteiger partial charge is 0.0908 e. The van der Waals surface area contributed by atoms with Crippen molar-refractivity contribution in [3.63, 3.8) is 0 Å². The van der Waals surface area contributed by atoms with Crippen LogP contribution >= 0.6 is 0 Å². The van der Waals surface area contributed by atoms with Gasteiger partial charge in [0.2, 0.25) is 0 Å². The molecular weight excluding hydrogens is 128 g/mol. The van der Waals surface area contributed by atoms with E-state index in [1.165, 1.54) is 0 Å². The molecule has 0 amide bonds. The van der Waals surface area contributed by atoms with Crippen LogP contribution in [0.2, 0.25) is 0 Å². The molecule has 0 aromatic carbocycles. The van der Waals surface area contributed by atoms with Crippen molar-refractivity contribution in [2.75, 3.05) is 13.2 Å². The summed E-state index contributed by atoms with van der Waals surface area (Å²) in [5.41, 5.74) is -0.580. The van der Waals surface area contributed by atoms with Crippen LogP contribution in [0.5, 0.6) is 0 Å². The molecule has 0 aliphatic carbocycles. The molecule has 1 fully saturated rings. The van der Waals surface area contributed by atoms with Crippen molar-refractivity contribution in [3.8, 4) is 0 Å². The summed E-state index contributed by atoms with van der Waals surface area (Å²) in [6, 6.07) is 0. The second-order valence-electron chi connectivity index (χ2n) is 2.51. The van der Waals surface area contributed by atoms with Gasteiger partial charge in [-0.15, -0.1) is 8.96 Å². The zero-order chi connectivity index (χ0) is 6.91. The second kappa shape index (κ2) is 2.19. The fourth-order valence-electron chi connectivity index (χ4n) is 0.828. The Morgan fingerprint density at radius 1 is 1.67 bits per heavy atom. The van der Waals surface area contributed by atoms with Gasteiger partial charge in [-0.25, -0.2) is 0 Å². The Morgan fingerprint density at radius 2 is 2.22 bits per heavy atom. The van der Waals surface area contributed by atoms with Crippen molar-refractivity contribution in [2.45, 2.75) is 18.9 Å². The van der Waals surface area contributed by atoms with Crippen molar-refractivity contribution < 1.29 is 13.7 Å². The minimum absolute atomic E-state index is 0.285. The van der Waals surface area contributed by atoms with Crippen LogP contribution in [0.3, 0.4) is 0 Å². The van der Waals surface area contributed by atoms with Crippen molar-refractivity contribution >= 4 is 0 Å². The molecule has 0 saturated carbocycles. The average Bonchev–Trinajstić information content (AvgIpc) is 1.60. The van der Waals surface area contributed by atoms with E-state index in [-0.39, 0.29) is 6.54 Å². The topological polar surface area (TPSA) is 12.5 Å². The summed E-state index contributed by atoms with van der Waals surface area (Å²) in [6.45, 7) is 2.01. The van der Waals surface area contributed by atoms with Gasteiger partial charge in [0.1, 0.15) is 0 Å².